The van der Waals surface area contributed by atoms with Crippen molar-refractivity contribution in [1.82, 2.24) is 10.2 Å². The van der Waals surface area contributed by atoms with Crippen LogP contribution in [0.3, 0.4) is 0 Å². The Bertz CT molecular complexity index is 546. The predicted octanol–water partition coefficient (Wildman–Crippen LogP) is 2.70. The van der Waals surface area contributed by atoms with Gasteiger partial charge in [-0.25, -0.2) is 0 Å². The highest BCUT2D eigenvalue weighted by Gasteiger charge is 2.44. The van der Waals surface area contributed by atoms with E-state index in [0.717, 1.165) is 37.6 Å². The zero-order chi connectivity index (χ0) is 16.4. The van der Waals surface area contributed by atoms with Gasteiger partial charge < -0.3 is 10.1 Å². The van der Waals surface area contributed by atoms with Crippen LogP contribution in [0.5, 0.6) is 0 Å². The molecule has 4 nitrogen and oxygen atoms in total. The fraction of sp³-hybridized carbons (Fsp3) is 0.611. The number of rotatable bonds is 5. The second-order valence-corrected chi connectivity index (χ2v) is 7.53. The van der Waals surface area contributed by atoms with E-state index < -0.39 is 0 Å². The molecule has 2 bridgehead atoms. The molecule has 2 heterocycles. The Morgan fingerprint density at radius 3 is 2.78 bits per heavy atom. The fourth-order valence-electron chi connectivity index (χ4n) is 3.43. The molecule has 0 aliphatic carbocycles. The molecule has 0 aromatic heterocycles. The number of nitrogens with one attached hydrogen (secondary N) is 1. The summed E-state index contributed by atoms with van der Waals surface area (Å²) in [5, 5.41) is 3.82. The van der Waals surface area contributed by atoms with Crippen LogP contribution in [0.25, 0.3) is 0 Å². The lowest BCUT2D eigenvalue weighted by Crippen LogP contribution is -2.45. The number of halogens is 1. The van der Waals surface area contributed by atoms with E-state index in [1.54, 1.807) is 0 Å². The van der Waals surface area contributed by atoms with E-state index in [-0.39, 0.29) is 24.0 Å². The molecule has 1 N–H and O–H groups in total. The molecule has 2 fully saturated rings. The van der Waals surface area contributed by atoms with Crippen LogP contribution < -0.4 is 5.32 Å². The van der Waals surface area contributed by atoms with E-state index in [4.69, 9.17) is 16.3 Å². The molecule has 0 unspecified atom stereocenters. The minimum atomic E-state index is -0.00559. The zero-order valence-electron chi connectivity index (χ0n) is 13.8. The van der Waals surface area contributed by atoms with Crippen molar-refractivity contribution in [3.8, 4) is 0 Å². The summed E-state index contributed by atoms with van der Waals surface area (Å²) in [6.07, 6.45) is 1.04. The SMILES string of the molecule is CC(C)CNC(=O)[C@H]1C[C@H]2CN(Cc3ccc(Cl)cc3)C[C@H]1O2. The van der Waals surface area contributed by atoms with E-state index in [9.17, 15) is 4.79 Å². The lowest BCUT2D eigenvalue weighted by atomic mass is 9.99. The highest BCUT2D eigenvalue weighted by molar-refractivity contribution is 6.30. The van der Waals surface area contributed by atoms with Gasteiger partial charge in [0.2, 0.25) is 5.91 Å². The first-order chi connectivity index (χ1) is 11.0. The summed E-state index contributed by atoms with van der Waals surface area (Å²) in [4.78, 5) is 14.8. The average Bonchev–Trinajstić information content (AvgIpc) is 2.82. The highest BCUT2D eigenvalue weighted by atomic mass is 35.5. The van der Waals surface area contributed by atoms with Crippen molar-refractivity contribution in [2.24, 2.45) is 11.8 Å². The molecular weight excluding hydrogens is 312 g/mol. The Morgan fingerprint density at radius 1 is 1.35 bits per heavy atom. The number of ether oxygens (including phenoxy) is 1. The lowest BCUT2D eigenvalue weighted by Gasteiger charge is -2.32. The van der Waals surface area contributed by atoms with Gasteiger partial charge >= 0.3 is 0 Å². The Hall–Kier alpha value is -1.10. The molecule has 1 aromatic rings. The third-order valence-corrected chi connectivity index (χ3v) is 4.83. The monoisotopic (exact) mass is 336 g/mol. The quantitative estimate of drug-likeness (QED) is 0.899. The molecule has 2 aliphatic rings. The third-order valence-electron chi connectivity index (χ3n) is 4.57. The molecule has 2 aliphatic heterocycles. The van der Waals surface area contributed by atoms with Crippen LogP contribution in [0.15, 0.2) is 24.3 Å². The van der Waals surface area contributed by atoms with Gasteiger partial charge in [0.25, 0.3) is 0 Å². The number of morpholine rings is 1. The van der Waals surface area contributed by atoms with Crippen LogP contribution in [-0.4, -0.2) is 42.6 Å². The first kappa shape index (κ1) is 16.7. The molecule has 126 valence electrons. The van der Waals surface area contributed by atoms with Gasteiger partial charge in [0.1, 0.15) is 0 Å². The molecule has 23 heavy (non-hydrogen) atoms. The Morgan fingerprint density at radius 2 is 2.09 bits per heavy atom. The normalized spacial score (nSPS) is 27.4. The second kappa shape index (κ2) is 7.20. The molecule has 1 aromatic carbocycles. The van der Waals surface area contributed by atoms with E-state index in [2.05, 4.69) is 36.2 Å². The topological polar surface area (TPSA) is 41.6 Å². The minimum Gasteiger partial charge on any atom is -0.371 e. The molecule has 1 amide bonds. The molecular formula is C18H25ClN2O2. The summed E-state index contributed by atoms with van der Waals surface area (Å²) in [5.74, 6) is 0.621. The first-order valence-electron chi connectivity index (χ1n) is 8.41. The number of carbonyl (C=O) groups is 1. The number of amides is 1. The maximum absolute atomic E-state index is 12.4. The van der Waals surface area contributed by atoms with Crippen LogP contribution in [0.2, 0.25) is 5.02 Å². The standard InChI is InChI=1S/C18H25ClN2O2/c1-12(2)8-20-18(22)16-7-15-10-21(11-17(16)23-15)9-13-3-5-14(19)6-4-13/h3-6,12,15-17H,7-11H2,1-2H3,(H,20,22)/t15-,16-,17+/m0/s1. The summed E-state index contributed by atoms with van der Waals surface area (Å²) in [6, 6.07) is 7.97. The molecule has 3 atom stereocenters. The number of benzene rings is 1. The van der Waals surface area contributed by atoms with Crippen LogP contribution >= 0.6 is 11.6 Å². The number of nitrogens with zero attached hydrogens (tertiary/aromatic N) is 1. The maximum atomic E-state index is 12.4. The molecule has 0 spiro atoms. The van der Waals surface area contributed by atoms with Crippen molar-refractivity contribution in [2.45, 2.75) is 39.0 Å². The summed E-state index contributed by atoms with van der Waals surface area (Å²) in [5.41, 5.74) is 1.25. The number of fused-ring (bicyclic) bond motifs is 2. The second-order valence-electron chi connectivity index (χ2n) is 7.10. The van der Waals surface area contributed by atoms with Crippen molar-refractivity contribution in [1.29, 1.82) is 0 Å². The van der Waals surface area contributed by atoms with Crippen LogP contribution in [-0.2, 0) is 16.1 Å². The van der Waals surface area contributed by atoms with E-state index >= 15 is 0 Å². The van der Waals surface area contributed by atoms with Gasteiger partial charge in [0.15, 0.2) is 0 Å². The average molecular weight is 337 g/mol. The number of hydrogen-bond donors (Lipinski definition) is 1. The third kappa shape index (κ3) is 4.25. The van der Waals surface area contributed by atoms with Crippen molar-refractivity contribution < 1.29 is 9.53 Å². The molecule has 5 heteroatoms. The Labute approximate surface area is 143 Å². The summed E-state index contributed by atoms with van der Waals surface area (Å²) in [7, 11) is 0. The maximum Gasteiger partial charge on any atom is 0.225 e. The number of hydrogen-bond acceptors (Lipinski definition) is 3. The minimum absolute atomic E-state index is 0.00559. The van der Waals surface area contributed by atoms with E-state index in [1.165, 1.54) is 5.56 Å². The Kier molecular flexibility index (Phi) is 5.24. The number of likely N-dealkylation sites (tertiary alicyclic amines) is 1. The van der Waals surface area contributed by atoms with E-state index in [1.807, 2.05) is 12.1 Å². The van der Waals surface area contributed by atoms with Gasteiger partial charge in [0.05, 0.1) is 18.1 Å². The summed E-state index contributed by atoms with van der Waals surface area (Å²) >= 11 is 5.94. The van der Waals surface area contributed by atoms with Gasteiger partial charge in [-0.15, -0.1) is 0 Å². The van der Waals surface area contributed by atoms with Gasteiger partial charge in [0, 0.05) is 31.2 Å². The van der Waals surface area contributed by atoms with E-state index in [0.29, 0.717) is 5.92 Å². The van der Waals surface area contributed by atoms with Gasteiger partial charge in [-0.1, -0.05) is 37.6 Å². The predicted molar refractivity (Wildman–Crippen MR) is 91.3 cm³/mol. The summed E-state index contributed by atoms with van der Waals surface area (Å²) in [6.45, 7) is 7.55. The van der Waals surface area contributed by atoms with Crippen molar-refractivity contribution >= 4 is 17.5 Å². The van der Waals surface area contributed by atoms with Gasteiger partial charge in [-0.05, 0) is 30.0 Å². The lowest BCUT2D eigenvalue weighted by molar-refractivity contribution is -0.128. The van der Waals surface area contributed by atoms with Crippen LogP contribution in [0, 0.1) is 11.8 Å². The van der Waals surface area contributed by atoms with Crippen molar-refractivity contribution in [2.75, 3.05) is 19.6 Å². The summed E-state index contributed by atoms with van der Waals surface area (Å²) < 4.78 is 6.00. The highest BCUT2D eigenvalue weighted by Crippen LogP contribution is 2.32. The van der Waals surface area contributed by atoms with Crippen molar-refractivity contribution in [3.05, 3.63) is 34.9 Å². The van der Waals surface area contributed by atoms with Crippen LogP contribution in [0.4, 0.5) is 0 Å². The number of carbonyl (C=O) groups excluding carboxylic acids is 1. The molecule has 2 saturated heterocycles. The fourth-order valence-corrected chi connectivity index (χ4v) is 3.55. The Balaban J connectivity index is 1.56. The molecule has 0 saturated carbocycles. The first-order valence-corrected chi connectivity index (χ1v) is 8.79. The molecule has 3 rings (SSSR count). The largest absolute Gasteiger partial charge is 0.371 e. The molecule has 0 radical (unpaired) electrons. The van der Waals surface area contributed by atoms with Crippen molar-refractivity contribution in [3.63, 3.8) is 0 Å². The van der Waals surface area contributed by atoms with Crippen LogP contribution in [0.1, 0.15) is 25.8 Å². The smallest absolute Gasteiger partial charge is 0.225 e. The zero-order valence-corrected chi connectivity index (χ0v) is 14.6. The van der Waals surface area contributed by atoms with Gasteiger partial charge in [-0.3, -0.25) is 9.69 Å². The van der Waals surface area contributed by atoms with Gasteiger partial charge in [-0.2, -0.15) is 0 Å².